The molecule has 0 radical (unpaired) electrons. The number of pyridine rings is 1. The van der Waals surface area contributed by atoms with Crippen LogP contribution in [0.1, 0.15) is 18.3 Å². The summed E-state index contributed by atoms with van der Waals surface area (Å²) in [6.07, 6.45) is -4.60. The molecule has 2 aliphatic rings. The molecule has 1 atom stereocenters. The van der Waals surface area contributed by atoms with E-state index in [1.165, 1.54) is 11.2 Å². The van der Waals surface area contributed by atoms with E-state index in [4.69, 9.17) is 4.74 Å². The Morgan fingerprint density at radius 3 is 2.27 bits per heavy atom. The molecule has 2 fully saturated rings. The van der Waals surface area contributed by atoms with Crippen LogP contribution in [-0.2, 0) is 20.9 Å². The second kappa shape index (κ2) is 7.06. The molecule has 0 aromatic carbocycles. The number of piperazine rings is 1. The van der Waals surface area contributed by atoms with E-state index in [9.17, 15) is 21.6 Å². The van der Waals surface area contributed by atoms with E-state index in [0.29, 0.717) is 38.1 Å². The predicted octanol–water partition coefficient (Wildman–Crippen LogP) is 1.75. The van der Waals surface area contributed by atoms with E-state index in [1.54, 1.807) is 0 Å². The van der Waals surface area contributed by atoms with Gasteiger partial charge in [-0.2, -0.15) is 17.5 Å². The van der Waals surface area contributed by atoms with Crippen molar-refractivity contribution in [2.45, 2.75) is 31.0 Å². The Kier molecular flexibility index (Phi) is 5.31. The molecule has 146 valence electrons. The van der Waals surface area contributed by atoms with Gasteiger partial charge in [0.25, 0.3) is 0 Å². The lowest BCUT2D eigenvalue weighted by molar-refractivity contribution is -0.141. The van der Waals surface area contributed by atoms with Crippen LogP contribution in [0, 0.1) is 12.8 Å². The number of sulfonamides is 1. The van der Waals surface area contributed by atoms with Gasteiger partial charge in [0, 0.05) is 38.1 Å². The van der Waals surface area contributed by atoms with Crippen molar-refractivity contribution in [3.8, 4) is 0 Å². The van der Waals surface area contributed by atoms with E-state index in [1.807, 2.05) is 0 Å². The van der Waals surface area contributed by atoms with Gasteiger partial charge in [-0.1, -0.05) is 0 Å². The van der Waals surface area contributed by atoms with Gasteiger partial charge < -0.3 is 4.74 Å². The van der Waals surface area contributed by atoms with Crippen molar-refractivity contribution >= 4 is 10.0 Å². The fourth-order valence-corrected chi connectivity index (χ4v) is 4.88. The maximum absolute atomic E-state index is 12.8. The molecule has 0 amide bonds. The lowest BCUT2D eigenvalue weighted by Gasteiger charge is -2.42. The number of halogens is 3. The average molecular weight is 393 g/mol. The monoisotopic (exact) mass is 393 g/mol. The summed E-state index contributed by atoms with van der Waals surface area (Å²) in [5, 5.41) is 0. The molecule has 2 saturated heterocycles. The Balaban J connectivity index is 1.71. The van der Waals surface area contributed by atoms with Crippen molar-refractivity contribution in [2.75, 3.05) is 39.4 Å². The lowest BCUT2D eigenvalue weighted by Crippen LogP contribution is -2.55. The first-order valence-electron chi connectivity index (χ1n) is 8.47. The fourth-order valence-electron chi connectivity index (χ4n) is 3.30. The minimum Gasteiger partial charge on any atom is -0.381 e. The quantitative estimate of drug-likeness (QED) is 0.780. The molecule has 1 aromatic rings. The number of hydrogen-bond acceptors (Lipinski definition) is 5. The SMILES string of the molecule is Cc1nc(C(F)(F)F)ccc1S(=O)(=O)N1CCN([C@@H](C)C2COC2)CC1. The van der Waals surface area contributed by atoms with Crippen LogP contribution in [0.5, 0.6) is 0 Å². The fraction of sp³-hybridized carbons (Fsp3) is 0.688. The molecule has 26 heavy (non-hydrogen) atoms. The summed E-state index contributed by atoms with van der Waals surface area (Å²) in [5.74, 6) is 0.472. The zero-order valence-corrected chi connectivity index (χ0v) is 15.5. The van der Waals surface area contributed by atoms with Crippen molar-refractivity contribution < 1.29 is 26.3 Å². The van der Waals surface area contributed by atoms with Gasteiger partial charge in [0.05, 0.1) is 18.9 Å². The summed E-state index contributed by atoms with van der Waals surface area (Å²) < 4.78 is 70.4. The Labute approximate surface area is 151 Å². The summed E-state index contributed by atoms with van der Waals surface area (Å²) in [4.78, 5) is 5.50. The first-order valence-corrected chi connectivity index (χ1v) is 9.91. The maximum Gasteiger partial charge on any atom is 0.433 e. The number of aromatic nitrogens is 1. The van der Waals surface area contributed by atoms with Gasteiger partial charge in [-0.25, -0.2) is 13.4 Å². The van der Waals surface area contributed by atoms with Crippen molar-refractivity contribution in [3.63, 3.8) is 0 Å². The molecule has 0 N–H and O–H groups in total. The van der Waals surface area contributed by atoms with E-state index in [2.05, 4.69) is 16.8 Å². The van der Waals surface area contributed by atoms with Gasteiger partial charge >= 0.3 is 6.18 Å². The van der Waals surface area contributed by atoms with Gasteiger partial charge in [-0.15, -0.1) is 0 Å². The minimum absolute atomic E-state index is 0.137. The maximum atomic E-state index is 12.8. The molecule has 0 bridgehead atoms. The van der Waals surface area contributed by atoms with Crippen LogP contribution in [0.4, 0.5) is 13.2 Å². The van der Waals surface area contributed by atoms with E-state index in [0.717, 1.165) is 25.3 Å². The number of ether oxygens (including phenoxy) is 1. The van der Waals surface area contributed by atoms with E-state index < -0.39 is 21.9 Å². The van der Waals surface area contributed by atoms with Crippen LogP contribution in [0.3, 0.4) is 0 Å². The van der Waals surface area contributed by atoms with Gasteiger partial charge in [0.1, 0.15) is 10.6 Å². The normalized spacial score (nSPS) is 22.2. The van der Waals surface area contributed by atoms with E-state index in [-0.39, 0.29) is 10.6 Å². The lowest BCUT2D eigenvalue weighted by atomic mass is 9.98. The third kappa shape index (κ3) is 3.73. The summed E-state index contributed by atoms with van der Waals surface area (Å²) >= 11 is 0. The van der Waals surface area contributed by atoms with Crippen LogP contribution < -0.4 is 0 Å². The van der Waals surface area contributed by atoms with Crippen LogP contribution in [0.2, 0.25) is 0 Å². The number of aryl methyl sites for hydroxylation is 1. The molecule has 0 aliphatic carbocycles. The summed E-state index contributed by atoms with van der Waals surface area (Å²) in [7, 11) is -3.86. The molecule has 2 aliphatic heterocycles. The third-order valence-electron chi connectivity index (χ3n) is 5.14. The first kappa shape index (κ1) is 19.5. The first-order chi connectivity index (χ1) is 12.1. The topological polar surface area (TPSA) is 62.7 Å². The number of hydrogen-bond donors (Lipinski definition) is 0. The number of alkyl halides is 3. The van der Waals surface area contributed by atoms with Crippen LogP contribution in [0.25, 0.3) is 0 Å². The van der Waals surface area contributed by atoms with Gasteiger partial charge in [-0.3, -0.25) is 4.90 Å². The minimum atomic E-state index is -4.60. The molecule has 3 rings (SSSR count). The van der Waals surface area contributed by atoms with Crippen molar-refractivity contribution in [1.29, 1.82) is 0 Å². The predicted molar refractivity (Wildman–Crippen MR) is 88.1 cm³/mol. The van der Waals surface area contributed by atoms with Crippen LogP contribution in [0.15, 0.2) is 17.0 Å². The highest BCUT2D eigenvalue weighted by atomic mass is 32.2. The second-order valence-electron chi connectivity index (χ2n) is 6.76. The summed E-state index contributed by atoms with van der Waals surface area (Å²) in [5.41, 5.74) is -1.22. The summed E-state index contributed by atoms with van der Waals surface area (Å²) in [6, 6.07) is 2.04. The Bertz CT molecular complexity index is 758. The zero-order chi connectivity index (χ0) is 19.1. The molecule has 0 saturated carbocycles. The Morgan fingerprint density at radius 1 is 1.19 bits per heavy atom. The molecule has 10 heteroatoms. The number of nitrogens with zero attached hydrogens (tertiary/aromatic N) is 3. The summed E-state index contributed by atoms with van der Waals surface area (Å²) in [6.45, 7) is 6.65. The average Bonchev–Trinajstić information content (AvgIpc) is 2.52. The molecule has 3 heterocycles. The Morgan fingerprint density at radius 2 is 1.81 bits per heavy atom. The zero-order valence-electron chi connectivity index (χ0n) is 14.7. The molecule has 1 aromatic heterocycles. The van der Waals surface area contributed by atoms with Gasteiger partial charge in [-0.05, 0) is 26.0 Å². The van der Waals surface area contributed by atoms with Crippen LogP contribution in [-0.4, -0.2) is 68.0 Å². The van der Waals surface area contributed by atoms with Crippen molar-refractivity contribution in [3.05, 3.63) is 23.5 Å². The largest absolute Gasteiger partial charge is 0.433 e. The number of rotatable bonds is 4. The molecule has 6 nitrogen and oxygen atoms in total. The highest BCUT2D eigenvalue weighted by Crippen LogP contribution is 2.30. The van der Waals surface area contributed by atoms with Crippen molar-refractivity contribution in [2.24, 2.45) is 5.92 Å². The highest BCUT2D eigenvalue weighted by molar-refractivity contribution is 7.89. The molecule has 0 unspecified atom stereocenters. The van der Waals surface area contributed by atoms with Crippen LogP contribution >= 0.6 is 0 Å². The van der Waals surface area contributed by atoms with Crippen molar-refractivity contribution in [1.82, 2.24) is 14.2 Å². The standard InChI is InChI=1S/C16H22F3N3O3S/c1-11-14(3-4-15(20-11)16(17,18)19)26(23,24)22-7-5-21(6-8-22)12(2)13-9-25-10-13/h3-4,12-13H,5-10H2,1-2H3/t12-/m0/s1. The molecule has 0 spiro atoms. The van der Waals surface area contributed by atoms with Gasteiger partial charge in [0.15, 0.2) is 0 Å². The Hall–Kier alpha value is -1.23. The smallest absolute Gasteiger partial charge is 0.381 e. The van der Waals surface area contributed by atoms with E-state index >= 15 is 0 Å². The second-order valence-corrected chi connectivity index (χ2v) is 8.66. The van der Waals surface area contributed by atoms with Gasteiger partial charge in [0.2, 0.25) is 10.0 Å². The highest BCUT2D eigenvalue weighted by Gasteiger charge is 2.37. The molecular formula is C16H22F3N3O3S. The molecular weight excluding hydrogens is 371 g/mol. The third-order valence-corrected chi connectivity index (χ3v) is 7.17.